The van der Waals surface area contributed by atoms with E-state index in [9.17, 15) is 0 Å². The molecule has 0 aromatic carbocycles. The second-order valence-corrected chi connectivity index (χ2v) is 4.91. The molecule has 0 aliphatic heterocycles. The van der Waals surface area contributed by atoms with Crippen molar-refractivity contribution in [2.45, 2.75) is 44.9 Å². The molecular weight excluding hydrogens is 196 g/mol. The lowest BCUT2D eigenvalue weighted by atomic mass is 10.2. The van der Waals surface area contributed by atoms with Crippen molar-refractivity contribution in [2.24, 2.45) is 0 Å². The van der Waals surface area contributed by atoms with Gasteiger partial charge in [0.25, 0.3) is 0 Å². The van der Waals surface area contributed by atoms with Crippen LogP contribution in [0.5, 0.6) is 0 Å². The van der Waals surface area contributed by atoms with E-state index < -0.39 is 0 Å². The van der Waals surface area contributed by atoms with Crippen LogP contribution in [0.15, 0.2) is 0 Å². The number of hydrogen-bond donors (Lipinski definition) is 0. The van der Waals surface area contributed by atoms with Gasteiger partial charge in [0.2, 0.25) is 0 Å². The third-order valence-electron chi connectivity index (χ3n) is 2.17. The average molecular weight is 220 g/mol. The third kappa shape index (κ3) is 8.68. The first-order chi connectivity index (χ1) is 6.85. The Hall–Kier alpha value is 0.0969. The van der Waals surface area contributed by atoms with Gasteiger partial charge in [-0.2, -0.15) is 0 Å². The van der Waals surface area contributed by atoms with Crippen molar-refractivity contribution in [2.75, 3.05) is 20.8 Å². The first kappa shape index (κ1) is 14.1. The van der Waals surface area contributed by atoms with E-state index in [4.69, 9.17) is 13.9 Å². The third-order valence-corrected chi connectivity index (χ3v) is 3.48. The largest absolute Gasteiger partial charge is 0.419 e. The normalized spacial score (nSPS) is 12.0. The van der Waals surface area contributed by atoms with Crippen LogP contribution in [0.2, 0.25) is 6.04 Å². The Morgan fingerprint density at radius 2 is 1.79 bits per heavy atom. The lowest BCUT2D eigenvalue weighted by Gasteiger charge is -2.13. The van der Waals surface area contributed by atoms with E-state index in [1.54, 1.807) is 14.2 Å². The fraction of sp³-hybridized carbons (Fsp3) is 1.00. The quantitative estimate of drug-likeness (QED) is 0.319. The van der Waals surface area contributed by atoms with E-state index in [0.717, 1.165) is 0 Å². The highest BCUT2D eigenvalue weighted by Crippen LogP contribution is 2.02. The molecule has 86 valence electrons. The molecule has 3 nitrogen and oxygen atoms in total. The van der Waals surface area contributed by atoms with Crippen molar-refractivity contribution >= 4 is 9.76 Å². The summed E-state index contributed by atoms with van der Waals surface area (Å²) in [6.07, 6.45) is 5.15. The number of methoxy groups -OCH3 is 2. The molecule has 0 saturated heterocycles. The summed E-state index contributed by atoms with van der Waals surface area (Å²) < 4.78 is 15.6. The van der Waals surface area contributed by atoms with E-state index >= 15 is 0 Å². The molecule has 4 heteroatoms. The zero-order valence-corrected chi connectivity index (χ0v) is 11.2. The van der Waals surface area contributed by atoms with Crippen LogP contribution in [0.25, 0.3) is 0 Å². The fourth-order valence-electron chi connectivity index (χ4n) is 1.22. The molecule has 0 unspecified atom stereocenters. The summed E-state index contributed by atoms with van der Waals surface area (Å²) in [5.74, 6) is 0. The maximum Gasteiger partial charge on any atom is 0.178 e. The second-order valence-electron chi connectivity index (χ2n) is 3.39. The van der Waals surface area contributed by atoms with Gasteiger partial charge < -0.3 is 13.9 Å². The maximum absolute atomic E-state index is 5.55. The van der Waals surface area contributed by atoms with Gasteiger partial charge in [0, 0.05) is 14.2 Å². The number of rotatable bonds is 10. The van der Waals surface area contributed by atoms with Crippen molar-refractivity contribution in [1.82, 2.24) is 0 Å². The van der Waals surface area contributed by atoms with Crippen LogP contribution >= 0.6 is 0 Å². The van der Waals surface area contributed by atoms with Crippen LogP contribution in [0, 0.1) is 0 Å². The monoisotopic (exact) mass is 220 g/mol. The lowest BCUT2D eigenvalue weighted by Crippen LogP contribution is -2.21. The molecule has 0 aliphatic rings. The first-order valence-corrected chi connectivity index (χ1v) is 7.06. The molecule has 0 atom stereocenters. The summed E-state index contributed by atoms with van der Waals surface area (Å²) in [5, 5.41) is 0. The zero-order valence-electron chi connectivity index (χ0n) is 9.75. The van der Waals surface area contributed by atoms with Crippen molar-refractivity contribution in [3.05, 3.63) is 0 Å². The Morgan fingerprint density at radius 3 is 2.36 bits per heavy atom. The maximum atomic E-state index is 5.55. The molecular formula is C10H24O3Si. The SMILES string of the molecule is CCCCCC[SiH2]OCC(OC)OC. The van der Waals surface area contributed by atoms with Gasteiger partial charge in [0.15, 0.2) is 16.1 Å². The summed E-state index contributed by atoms with van der Waals surface area (Å²) in [5.41, 5.74) is 0. The minimum absolute atomic E-state index is 0.182. The highest BCUT2D eigenvalue weighted by molar-refractivity contribution is 6.26. The molecule has 0 bridgehead atoms. The van der Waals surface area contributed by atoms with Crippen LogP contribution in [0.4, 0.5) is 0 Å². The smallest absolute Gasteiger partial charge is 0.178 e. The molecule has 0 amide bonds. The van der Waals surface area contributed by atoms with Gasteiger partial charge in [-0.1, -0.05) is 32.6 Å². The van der Waals surface area contributed by atoms with Gasteiger partial charge in [-0.25, -0.2) is 0 Å². The second kappa shape index (κ2) is 11.2. The van der Waals surface area contributed by atoms with Gasteiger partial charge in [0.05, 0.1) is 6.61 Å². The minimum atomic E-state index is -0.338. The van der Waals surface area contributed by atoms with E-state index in [0.29, 0.717) is 6.61 Å². The van der Waals surface area contributed by atoms with Gasteiger partial charge in [-0.3, -0.25) is 0 Å². The Morgan fingerprint density at radius 1 is 1.07 bits per heavy atom. The summed E-state index contributed by atoms with van der Waals surface area (Å²) in [7, 11) is 2.94. The molecule has 0 aromatic rings. The lowest BCUT2D eigenvalue weighted by molar-refractivity contribution is -0.121. The van der Waals surface area contributed by atoms with E-state index in [-0.39, 0.29) is 16.1 Å². The van der Waals surface area contributed by atoms with Crippen molar-refractivity contribution < 1.29 is 13.9 Å². The molecule has 0 heterocycles. The summed E-state index contributed by atoms with van der Waals surface area (Å²) >= 11 is 0. The van der Waals surface area contributed by atoms with Crippen molar-refractivity contribution in [3.63, 3.8) is 0 Å². The predicted molar refractivity (Wildman–Crippen MR) is 61.3 cm³/mol. The molecule has 0 aromatic heterocycles. The van der Waals surface area contributed by atoms with Crippen LogP contribution in [-0.2, 0) is 13.9 Å². The Bertz CT molecular complexity index is 108. The van der Waals surface area contributed by atoms with E-state index in [1.165, 1.54) is 31.7 Å². The molecule has 0 saturated carbocycles. The highest BCUT2D eigenvalue weighted by atomic mass is 28.2. The van der Waals surface area contributed by atoms with Gasteiger partial charge >= 0.3 is 0 Å². The van der Waals surface area contributed by atoms with Gasteiger partial charge in [-0.05, 0) is 6.04 Å². The van der Waals surface area contributed by atoms with Crippen LogP contribution in [-0.4, -0.2) is 36.9 Å². The van der Waals surface area contributed by atoms with Gasteiger partial charge in [-0.15, -0.1) is 0 Å². The number of hydrogen-bond acceptors (Lipinski definition) is 3. The molecule has 0 N–H and O–H groups in total. The first-order valence-electron chi connectivity index (χ1n) is 5.48. The fourth-order valence-corrected chi connectivity index (χ4v) is 2.34. The van der Waals surface area contributed by atoms with Crippen LogP contribution < -0.4 is 0 Å². The highest BCUT2D eigenvalue weighted by Gasteiger charge is 2.03. The standard InChI is InChI=1S/C10H24O3Si/c1-4-5-6-7-8-14-13-9-10(11-2)12-3/h10H,4-9,14H2,1-3H3. The summed E-state index contributed by atoms with van der Waals surface area (Å²) in [4.78, 5) is 0. The number of ether oxygens (including phenoxy) is 2. The predicted octanol–water partition coefficient (Wildman–Crippen LogP) is 1.70. The van der Waals surface area contributed by atoms with Crippen LogP contribution in [0.3, 0.4) is 0 Å². The molecule has 14 heavy (non-hydrogen) atoms. The van der Waals surface area contributed by atoms with Gasteiger partial charge in [0.1, 0.15) is 0 Å². The summed E-state index contributed by atoms with van der Waals surface area (Å²) in [6.45, 7) is 2.82. The summed E-state index contributed by atoms with van der Waals surface area (Å²) in [6, 6.07) is 1.28. The van der Waals surface area contributed by atoms with E-state index in [2.05, 4.69) is 6.92 Å². The Kier molecular flexibility index (Phi) is 11.3. The molecule has 0 fully saturated rings. The topological polar surface area (TPSA) is 27.7 Å². The molecule has 0 radical (unpaired) electrons. The number of unbranched alkanes of at least 4 members (excludes halogenated alkanes) is 3. The average Bonchev–Trinajstić information content (AvgIpc) is 2.22. The molecule has 0 rings (SSSR count). The Labute approximate surface area is 90.1 Å². The molecule has 0 aliphatic carbocycles. The van der Waals surface area contributed by atoms with Crippen molar-refractivity contribution in [1.29, 1.82) is 0 Å². The zero-order chi connectivity index (χ0) is 10.6. The minimum Gasteiger partial charge on any atom is -0.419 e. The molecule has 0 spiro atoms. The van der Waals surface area contributed by atoms with Crippen molar-refractivity contribution in [3.8, 4) is 0 Å². The Balaban J connectivity index is 3.04. The van der Waals surface area contributed by atoms with E-state index in [1.807, 2.05) is 0 Å². The van der Waals surface area contributed by atoms with Crippen LogP contribution in [0.1, 0.15) is 32.6 Å².